The van der Waals surface area contributed by atoms with Crippen molar-refractivity contribution in [3.8, 4) is 0 Å². The van der Waals surface area contributed by atoms with Crippen molar-refractivity contribution in [2.75, 3.05) is 0 Å². The molecule has 48 valence electrons. The first kappa shape index (κ1) is 5.74. The number of nitrogens with zero attached hydrogens (tertiary/aromatic N) is 4. The normalized spacial score (nSPS) is 11.9. The fourth-order valence-corrected chi connectivity index (χ4v) is 0.421. The predicted molar refractivity (Wildman–Crippen MR) is 30.3 cm³/mol. The van der Waals surface area contributed by atoms with E-state index in [4.69, 9.17) is 5.21 Å². The third-order valence-electron chi connectivity index (χ3n) is 0.895. The molecule has 0 bridgehead atoms. The minimum atomic E-state index is 0.396. The summed E-state index contributed by atoms with van der Waals surface area (Å²) in [6.45, 7) is 1.62. The minimum Gasteiger partial charge on any atom is -0.409 e. The molecule has 1 aromatic heterocycles. The number of hydrogen-bond acceptors (Lipinski definition) is 4. The molecule has 1 N–H and O–H groups in total. The fourth-order valence-electron chi connectivity index (χ4n) is 0.421. The Balaban J connectivity index is 2.90. The molecule has 0 aliphatic carbocycles. The maximum atomic E-state index is 8.21. The highest BCUT2D eigenvalue weighted by atomic mass is 16.4. The van der Waals surface area contributed by atoms with Crippen LogP contribution >= 0.6 is 0 Å². The van der Waals surface area contributed by atoms with Crippen molar-refractivity contribution in [1.82, 2.24) is 14.8 Å². The van der Waals surface area contributed by atoms with E-state index >= 15 is 0 Å². The van der Waals surface area contributed by atoms with E-state index in [0.29, 0.717) is 5.84 Å². The lowest BCUT2D eigenvalue weighted by molar-refractivity contribution is 0.316. The van der Waals surface area contributed by atoms with Crippen molar-refractivity contribution in [3.63, 3.8) is 0 Å². The van der Waals surface area contributed by atoms with Crippen LogP contribution in [-0.2, 0) is 0 Å². The van der Waals surface area contributed by atoms with E-state index in [-0.39, 0.29) is 0 Å². The summed E-state index contributed by atoms with van der Waals surface area (Å²) in [7, 11) is 0. The Morgan fingerprint density at radius 1 is 1.78 bits per heavy atom. The van der Waals surface area contributed by atoms with Gasteiger partial charge in [-0.1, -0.05) is 5.16 Å². The van der Waals surface area contributed by atoms with Gasteiger partial charge >= 0.3 is 0 Å². The summed E-state index contributed by atoms with van der Waals surface area (Å²) in [5.41, 5.74) is 0. The first-order valence-corrected chi connectivity index (χ1v) is 2.38. The van der Waals surface area contributed by atoms with Crippen molar-refractivity contribution in [1.29, 1.82) is 0 Å². The summed E-state index contributed by atoms with van der Waals surface area (Å²) in [5, 5.41) is 14.8. The molecule has 0 fully saturated rings. The second-order valence-corrected chi connectivity index (χ2v) is 1.49. The summed E-state index contributed by atoms with van der Waals surface area (Å²) in [6, 6.07) is 0. The molecular formula is C4H6N4O. The molecule has 0 radical (unpaired) electrons. The Hall–Kier alpha value is -1.39. The van der Waals surface area contributed by atoms with E-state index in [1.807, 2.05) is 0 Å². The number of rotatable bonds is 0. The lowest BCUT2D eigenvalue weighted by Crippen LogP contribution is -2.06. The second-order valence-electron chi connectivity index (χ2n) is 1.49. The van der Waals surface area contributed by atoms with Gasteiger partial charge in [0, 0.05) is 0 Å². The molecule has 0 spiro atoms. The van der Waals surface area contributed by atoms with E-state index in [9.17, 15) is 0 Å². The Labute approximate surface area is 51.6 Å². The summed E-state index contributed by atoms with van der Waals surface area (Å²) in [4.78, 5) is 3.65. The van der Waals surface area contributed by atoms with Crippen LogP contribution in [0.25, 0.3) is 0 Å². The Kier molecular flexibility index (Phi) is 1.44. The summed E-state index contributed by atoms with van der Waals surface area (Å²) in [6.07, 6.45) is 2.82. The van der Waals surface area contributed by atoms with Gasteiger partial charge in [0.05, 0.1) is 0 Å². The number of aromatic nitrogens is 3. The zero-order valence-electron chi connectivity index (χ0n) is 4.89. The lowest BCUT2D eigenvalue weighted by Gasteiger charge is -1.91. The average Bonchev–Trinajstić information content (AvgIpc) is 2.37. The van der Waals surface area contributed by atoms with Crippen LogP contribution in [-0.4, -0.2) is 25.8 Å². The highest BCUT2D eigenvalue weighted by Gasteiger charge is 1.92. The van der Waals surface area contributed by atoms with Gasteiger partial charge in [0.2, 0.25) is 0 Å². The first-order chi connectivity index (χ1) is 4.34. The topological polar surface area (TPSA) is 63.3 Å². The molecule has 0 amide bonds. The van der Waals surface area contributed by atoms with Gasteiger partial charge in [0.15, 0.2) is 5.84 Å². The molecule has 0 unspecified atom stereocenters. The highest BCUT2D eigenvalue weighted by Crippen LogP contribution is 1.79. The van der Waals surface area contributed by atoms with E-state index in [2.05, 4.69) is 15.2 Å². The highest BCUT2D eigenvalue weighted by molar-refractivity contribution is 5.79. The van der Waals surface area contributed by atoms with Crippen molar-refractivity contribution in [3.05, 3.63) is 12.7 Å². The fraction of sp³-hybridized carbons (Fsp3) is 0.250. The maximum absolute atomic E-state index is 8.21. The van der Waals surface area contributed by atoms with E-state index in [0.717, 1.165) is 0 Å². The maximum Gasteiger partial charge on any atom is 0.167 e. The molecular weight excluding hydrogens is 120 g/mol. The molecule has 5 heteroatoms. The zero-order valence-corrected chi connectivity index (χ0v) is 4.89. The molecule has 1 heterocycles. The van der Waals surface area contributed by atoms with Gasteiger partial charge in [-0.2, -0.15) is 5.10 Å². The van der Waals surface area contributed by atoms with Crippen molar-refractivity contribution in [2.24, 2.45) is 5.16 Å². The molecule has 1 aromatic rings. The molecule has 0 saturated carbocycles. The third-order valence-corrected chi connectivity index (χ3v) is 0.895. The van der Waals surface area contributed by atoms with Crippen LogP contribution in [0.2, 0.25) is 0 Å². The van der Waals surface area contributed by atoms with Crippen LogP contribution in [0, 0.1) is 0 Å². The quantitative estimate of drug-likeness (QED) is 0.229. The van der Waals surface area contributed by atoms with E-state index < -0.39 is 0 Å². The Morgan fingerprint density at radius 3 is 3.00 bits per heavy atom. The van der Waals surface area contributed by atoms with Crippen LogP contribution in [0.4, 0.5) is 0 Å². The van der Waals surface area contributed by atoms with Crippen molar-refractivity contribution < 1.29 is 5.21 Å². The molecule has 0 aliphatic heterocycles. The molecule has 0 aromatic carbocycles. The molecule has 0 aliphatic rings. The van der Waals surface area contributed by atoms with E-state index in [1.165, 1.54) is 17.3 Å². The molecule has 1 rings (SSSR count). The smallest absolute Gasteiger partial charge is 0.167 e. The van der Waals surface area contributed by atoms with Crippen LogP contribution in [0.3, 0.4) is 0 Å². The summed E-state index contributed by atoms with van der Waals surface area (Å²) >= 11 is 0. The Morgan fingerprint density at radius 2 is 2.56 bits per heavy atom. The standard InChI is InChI=1S/C4H6N4O/c1-4(7-9)8-3-5-2-6-8/h2-3,9H,1H3/b7-4+. The monoisotopic (exact) mass is 126 g/mol. The van der Waals surface area contributed by atoms with Crippen LogP contribution in [0.15, 0.2) is 17.8 Å². The SMILES string of the molecule is C/C(=N\O)n1cncn1. The van der Waals surface area contributed by atoms with Gasteiger partial charge in [-0.3, -0.25) is 0 Å². The first-order valence-electron chi connectivity index (χ1n) is 2.38. The third kappa shape index (κ3) is 1.04. The lowest BCUT2D eigenvalue weighted by atomic mass is 10.7. The van der Waals surface area contributed by atoms with Crippen molar-refractivity contribution in [2.45, 2.75) is 6.92 Å². The summed E-state index contributed by atoms with van der Waals surface area (Å²) in [5.74, 6) is 0.396. The van der Waals surface area contributed by atoms with Crippen LogP contribution in [0.5, 0.6) is 0 Å². The van der Waals surface area contributed by atoms with Gasteiger partial charge in [0.1, 0.15) is 12.7 Å². The largest absolute Gasteiger partial charge is 0.409 e. The van der Waals surface area contributed by atoms with Gasteiger partial charge in [-0.05, 0) is 6.92 Å². The minimum absolute atomic E-state index is 0.396. The number of hydrogen-bond donors (Lipinski definition) is 1. The van der Waals surface area contributed by atoms with E-state index in [1.54, 1.807) is 6.92 Å². The van der Waals surface area contributed by atoms with Gasteiger partial charge in [-0.15, -0.1) is 0 Å². The molecule has 0 saturated heterocycles. The average molecular weight is 126 g/mol. The zero-order chi connectivity index (χ0) is 6.69. The van der Waals surface area contributed by atoms with Gasteiger partial charge < -0.3 is 5.21 Å². The number of oxime groups is 1. The second kappa shape index (κ2) is 2.25. The molecule has 5 nitrogen and oxygen atoms in total. The summed E-state index contributed by atoms with van der Waals surface area (Å²) < 4.78 is 1.36. The molecule has 0 atom stereocenters. The molecule has 9 heavy (non-hydrogen) atoms. The van der Waals surface area contributed by atoms with Crippen LogP contribution < -0.4 is 0 Å². The van der Waals surface area contributed by atoms with Crippen LogP contribution in [0.1, 0.15) is 6.92 Å². The van der Waals surface area contributed by atoms with Crippen molar-refractivity contribution >= 4 is 5.84 Å². The van der Waals surface area contributed by atoms with Gasteiger partial charge in [0.25, 0.3) is 0 Å². The predicted octanol–water partition coefficient (Wildman–Crippen LogP) is -0.0662. The van der Waals surface area contributed by atoms with Gasteiger partial charge in [-0.25, -0.2) is 9.67 Å². The Bertz CT molecular complexity index is 202.